The second kappa shape index (κ2) is 5.42. The van der Waals surface area contributed by atoms with Gasteiger partial charge in [0.15, 0.2) is 5.65 Å². The van der Waals surface area contributed by atoms with Crippen LogP contribution in [-0.2, 0) is 10.3 Å². The molecule has 0 bridgehead atoms. The van der Waals surface area contributed by atoms with Crippen LogP contribution < -0.4 is 5.69 Å². The van der Waals surface area contributed by atoms with E-state index in [4.69, 9.17) is 11.6 Å². The lowest BCUT2D eigenvalue weighted by Gasteiger charge is -2.19. The first kappa shape index (κ1) is 15.8. The van der Waals surface area contributed by atoms with Gasteiger partial charge in [-0.15, -0.1) is 0 Å². The van der Waals surface area contributed by atoms with Gasteiger partial charge in [-0.3, -0.25) is 4.57 Å². The molecular weight excluding hydrogens is 349 g/mol. The second-order valence-electron chi connectivity index (χ2n) is 5.98. The molecule has 0 amide bonds. The van der Waals surface area contributed by atoms with Crippen LogP contribution in [0.5, 0.6) is 0 Å². The number of nitrogens with one attached hydrogen (secondary N) is 1. The fraction of sp³-hybridized carbons (Fsp3) is 0.235. The summed E-state index contributed by atoms with van der Waals surface area (Å²) in [6.45, 7) is 0. The summed E-state index contributed by atoms with van der Waals surface area (Å²) in [5.74, 6) is -1.44. The molecule has 1 aliphatic rings. The highest BCUT2D eigenvalue weighted by molar-refractivity contribution is 6.31. The molecule has 2 heterocycles. The quantitative estimate of drug-likeness (QED) is 0.728. The van der Waals surface area contributed by atoms with Crippen molar-refractivity contribution in [1.82, 2.24) is 14.5 Å². The van der Waals surface area contributed by atoms with Crippen molar-refractivity contribution >= 4 is 28.7 Å². The number of fused-ring (bicyclic) bond motifs is 1. The number of rotatable bonds is 3. The molecule has 0 unspecified atom stereocenters. The van der Waals surface area contributed by atoms with Crippen LogP contribution >= 0.6 is 11.6 Å². The van der Waals surface area contributed by atoms with Crippen molar-refractivity contribution in [2.45, 2.75) is 18.4 Å². The summed E-state index contributed by atoms with van der Waals surface area (Å²) in [7, 11) is 1.19. The van der Waals surface area contributed by atoms with E-state index in [1.54, 1.807) is 18.2 Å². The van der Waals surface area contributed by atoms with Crippen LogP contribution in [0.15, 0.2) is 35.3 Å². The number of aromatic nitrogens is 3. The average Bonchev–Trinajstić information content (AvgIpc) is 3.31. The Kier molecular flexibility index (Phi) is 3.43. The molecule has 0 aliphatic heterocycles. The molecule has 1 saturated carbocycles. The number of nitrogens with zero attached hydrogens (tertiary/aromatic N) is 2. The minimum absolute atomic E-state index is 0.157. The van der Waals surface area contributed by atoms with E-state index in [0.29, 0.717) is 29.0 Å². The van der Waals surface area contributed by atoms with Crippen molar-refractivity contribution < 1.29 is 13.9 Å². The van der Waals surface area contributed by atoms with E-state index in [-0.39, 0.29) is 11.1 Å². The average molecular weight is 362 g/mol. The third kappa shape index (κ3) is 2.26. The Morgan fingerprint density at radius 1 is 1.44 bits per heavy atom. The minimum atomic E-state index is -0.871. The Balaban J connectivity index is 1.95. The van der Waals surface area contributed by atoms with E-state index in [9.17, 15) is 14.0 Å². The van der Waals surface area contributed by atoms with Gasteiger partial charge < -0.3 is 9.72 Å². The third-order valence-corrected chi connectivity index (χ3v) is 4.75. The Hall–Kier alpha value is -2.67. The first-order valence-corrected chi connectivity index (χ1v) is 8.00. The zero-order valence-electron chi connectivity index (χ0n) is 13.2. The van der Waals surface area contributed by atoms with E-state index in [1.807, 2.05) is 0 Å². The number of H-pyrrole nitrogens is 1. The highest BCUT2D eigenvalue weighted by Gasteiger charge is 2.50. The first-order valence-electron chi connectivity index (χ1n) is 7.62. The number of imidazole rings is 1. The topological polar surface area (TPSA) is 77.0 Å². The zero-order chi connectivity index (χ0) is 17.8. The fourth-order valence-electron chi connectivity index (χ4n) is 3.26. The van der Waals surface area contributed by atoms with Gasteiger partial charge in [-0.2, -0.15) is 0 Å². The van der Waals surface area contributed by atoms with Gasteiger partial charge in [0.2, 0.25) is 0 Å². The van der Waals surface area contributed by atoms with Gasteiger partial charge in [-0.25, -0.2) is 19.0 Å². The normalized spacial score (nSPS) is 15.3. The van der Waals surface area contributed by atoms with Crippen LogP contribution in [0.3, 0.4) is 0 Å². The number of ether oxygens (including phenoxy) is 1. The van der Waals surface area contributed by atoms with Crippen LogP contribution in [0, 0.1) is 5.82 Å². The van der Waals surface area contributed by atoms with Gasteiger partial charge in [0, 0.05) is 11.8 Å². The maximum absolute atomic E-state index is 15.0. The number of benzene rings is 1. The number of pyridine rings is 1. The number of hydrogen-bond acceptors (Lipinski definition) is 4. The molecule has 1 N–H and O–H groups in total. The molecule has 0 spiro atoms. The van der Waals surface area contributed by atoms with Gasteiger partial charge in [0.1, 0.15) is 5.82 Å². The molecule has 6 nitrogen and oxygen atoms in total. The number of esters is 1. The zero-order valence-corrected chi connectivity index (χ0v) is 13.9. The van der Waals surface area contributed by atoms with E-state index < -0.39 is 23.0 Å². The van der Waals surface area contributed by atoms with Crippen LogP contribution in [0.2, 0.25) is 5.02 Å². The van der Waals surface area contributed by atoms with Gasteiger partial charge in [0.05, 0.1) is 28.8 Å². The predicted octanol–water partition coefficient (Wildman–Crippen LogP) is 2.84. The van der Waals surface area contributed by atoms with Crippen molar-refractivity contribution in [2.75, 3.05) is 7.11 Å². The summed E-state index contributed by atoms with van der Waals surface area (Å²) in [5.41, 5.74) is -0.275. The summed E-state index contributed by atoms with van der Waals surface area (Å²) >= 11 is 5.92. The Morgan fingerprint density at radius 2 is 2.20 bits per heavy atom. The van der Waals surface area contributed by atoms with Crippen LogP contribution in [0.4, 0.5) is 4.39 Å². The lowest BCUT2D eigenvalue weighted by atomic mass is 10.0. The monoisotopic (exact) mass is 361 g/mol. The van der Waals surface area contributed by atoms with Crippen LogP contribution in [0.1, 0.15) is 28.8 Å². The van der Waals surface area contributed by atoms with E-state index in [1.165, 1.54) is 23.9 Å². The van der Waals surface area contributed by atoms with Crippen LogP contribution in [0.25, 0.3) is 11.2 Å². The molecule has 4 rings (SSSR count). The highest BCUT2D eigenvalue weighted by atomic mass is 35.5. The second-order valence-corrected chi connectivity index (χ2v) is 6.42. The largest absolute Gasteiger partial charge is 0.465 e. The van der Waals surface area contributed by atoms with Gasteiger partial charge in [0.25, 0.3) is 0 Å². The highest BCUT2D eigenvalue weighted by Crippen LogP contribution is 2.50. The first-order chi connectivity index (χ1) is 12.0. The van der Waals surface area contributed by atoms with Gasteiger partial charge in [-0.1, -0.05) is 23.7 Å². The van der Waals surface area contributed by atoms with E-state index >= 15 is 0 Å². The smallest absolute Gasteiger partial charge is 0.340 e. The summed E-state index contributed by atoms with van der Waals surface area (Å²) in [6.07, 6.45) is 2.56. The standard InChI is InChI=1S/C17H13ClFN3O3/c1-25-15(23)10-3-2-4-11(13(10)19)17(5-6-17)22-14-12(21-16(22)24)7-9(18)8-20-14/h2-4,7-8H,5-6H2,1H3,(H,21,24). The molecule has 0 saturated heterocycles. The van der Waals surface area contributed by atoms with Crippen molar-refractivity contribution in [2.24, 2.45) is 0 Å². The molecule has 8 heteroatoms. The molecular formula is C17H13ClFN3O3. The maximum atomic E-state index is 15.0. The number of halogens is 2. The Labute approximate surface area is 146 Å². The number of methoxy groups -OCH3 is 1. The fourth-order valence-corrected chi connectivity index (χ4v) is 3.42. The van der Waals surface area contributed by atoms with Gasteiger partial charge >= 0.3 is 11.7 Å². The molecule has 1 fully saturated rings. The molecule has 0 atom stereocenters. The molecule has 1 aromatic carbocycles. The summed E-state index contributed by atoms with van der Waals surface area (Å²) in [5, 5.41) is 0.393. The SMILES string of the molecule is COC(=O)c1cccc(C2(n3c(=O)[nH]c4cc(Cl)cnc43)CC2)c1F. The lowest BCUT2D eigenvalue weighted by molar-refractivity contribution is 0.0595. The number of carbonyl (C=O) groups excluding carboxylic acids is 1. The summed E-state index contributed by atoms with van der Waals surface area (Å²) in [6, 6.07) is 6.11. The summed E-state index contributed by atoms with van der Waals surface area (Å²) < 4.78 is 21.0. The van der Waals surface area contributed by atoms with E-state index in [2.05, 4.69) is 14.7 Å². The van der Waals surface area contributed by atoms with Crippen molar-refractivity contribution in [3.05, 3.63) is 62.9 Å². The number of aromatic amines is 1. The molecule has 128 valence electrons. The molecule has 1 aliphatic carbocycles. The Morgan fingerprint density at radius 3 is 2.88 bits per heavy atom. The minimum Gasteiger partial charge on any atom is -0.465 e. The molecule has 25 heavy (non-hydrogen) atoms. The number of hydrogen-bond donors (Lipinski definition) is 1. The Bertz CT molecular complexity index is 1070. The molecule has 3 aromatic rings. The van der Waals surface area contributed by atoms with Crippen molar-refractivity contribution in [3.63, 3.8) is 0 Å². The molecule has 0 radical (unpaired) electrons. The van der Waals surface area contributed by atoms with Crippen LogP contribution in [-0.4, -0.2) is 27.6 Å². The maximum Gasteiger partial charge on any atom is 0.340 e. The number of carbonyl (C=O) groups is 1. The van der Waals surface area contributed by atoms with Crippen molar-refractivity contribution in [3.8, 4) is 0 Å². The van der Waals surface area contributed by atoms with E-state index in [0.717, 1.165) is 0 Å². The predicted molar refractivity (Wildman–Crippen MR) is 89.4 cm³/mol. The third-order valence-electron chi connectivity index (χ3n) is 4.55. The summed E-state index contributed by atoms with van der Waals surface area (Å²) in [4.78, 5) is 31.2. The van der Waals surface area contributed by atoms with Gasteiger partial charge in [-0.05, 0) is 25.0 Å². The molecule has 2 aromatic heterocycles. The van der Waals surface area contributed by atoms with Crippen molar-refractivity contribution in [1.29, 1.82) is 0 Å². The lowest BCUT2D eigenvalue weighted by Crippen LogP contribution is -2.31.